The molecule has 0 fully saturated rings. The molecule has 0 atom stereocenters. The van der Waals surface area contributed by atoms with E-state index in [0.717, 1.165) is 59.8 Å². The van der Waals surface area contributed by atoms with Gasteiger partial charge < -0.3 is 5.11 Å². The summed E-state index contributed by atoms with van der Waals surface area (Å²) < 4.78 is 0. The van der Waals surface area contributed by atoms with E-state index in [1.807, 2.05) is 77.1 Å². The number of hydrogen-bond donors (Lipinski definition) is 1. The van der Waals surface area contributed by atoms with E-state index in [1.165, 1.54) is 0 Å². The topological polar surface area (TPSA) is 54.4 Å². The van der Waals surface area contributed by atoms with E-state index < -0.39 is 0 Å². The highest BCUT2D eigenvalue weighted by Crippen LogP contribution is 2.47. The van der Waals surface area contributed by atoms with Gasteiger partial charge in [-0.3, -0.25) is 9.59 Å². The molecule has 0 radical (unpaired) electrons. The number of benzene rings is 5. The summed E-state index contributed by atoms with van der Waals surface area (Å²) in [5.41, 5.74) is 4.28. The number of hydrogen-bond acceptors (Lipinski definition) is 3. The van der Waals surface area contributed by atoms with Crippen LogP contribution in [0.3, 0.4) is 0 Å². The standard InChI is InChI=1S/C28H16O3.2C2H6/c1-12-11-14-3-4-15-17-6-9-20-25-21(28(31)13(2)27(20)30)10-7-18(24(17)25)16-5-8-19(26(12)29)22(14)23(15)16;2*1-2/h3-11,31H,1-2H3;2*1-2H3. The van der Waals surface area contributed by atoms with Crippen molar-refractivity contribution < 1.29 is 14.7 Å². The average Bonchev–Trinajstić information content (AvgIpc) is 2.91. The number of ketones is 2. The number of Topliss-reactive ketones (excluding diaryl/α,β-unsaturated/α-hetero) is 2. The third-order valence-corrected chi connectivity index (χ3v) is 7.10. The monoisotopic (exact) mass is 460 g/mol. The molecule has 0 saturated heterocycles. The Morgan fingerprint density at radius 1 is 0.543 bits per heavy atom. The molecule has 0 aromatic heterocycles. The number of fused-ring (bicyclic) bond motifs is 2. The molecule has 0 heterocycles. The van der Waals surface area contributed by atoms with Crippen molar-refractivity contribution in [2.45, 2.75) is 41.5 Å². The second kappa shape index (κ2) is 8.06. The van der Waals surface area contributed by atoms with Crippen molar-refractivity contribution in [2.24, 2.45) is 0 Å². The number of carbonyl (C=O) groups excluding carboxylic acids is 2. The fraction of sp³-hybridized carbons (Fsp3) is 0.188. The van der Waals surface area contributed by atoms with Gasteiger partial charge in [0.2, 0.25) is 0 Å². The third-order valence-electron chi connectivity index (χ3n) is 7.10. The molecule has 0 unspecified atom stereocenters. The Labute approximate surface area is 204 Å². The van der Waals surface area contributed by atoms with Gasteiger partial charge in [0.05, 0.1) is 0 Å². The van der Waals surface area contributed by atoms with E-state index in [4.69, 9.17) is 0 Å². The Morgan fingerprint density at radius 3 is 1.57 bits per heavy atom. The van der Waals surface area contributed by atoms with E-state index in [2.05, 4.69) is 12.1 Å². The lowest BCUT2D eigenvalue weighted by molar-refractivity contribution is 0.102. The Kier molecular flexibility index (Phi) is 5.25. The highest BCUT2D eigenvalue weighted by molar-refractivity contribution is 6.39. The fourth-order valence-corrected chi connectivity index (χ4v) is 5.63. The molecule has 1 N–H and O–H groups in total. The zero-order valence-corrected chi connectivity index (χ0v) is 21.0. The summed E-state index contributed by atoms with van der Waals surface area (Å²) >= 11 is 0. The van der Waals surface area contributed by atoms with Gasteiger partial charge >= 0.3 is 0 Å². The molecule has 3 nitrogen and oxygen atoms in total. The second-order valence-electron chi connectivity index (χ2n) is 8.64. The average molecular weight is 461 g/mol. The predicted molar refractivity (Wildman–Crippen MR) is 148 cm³/mol. The normalized spacial score (nSPS) is 14.3. The first-order valence-corrected chi connectivity index (χ1v) is 12.4. The van der Waals surface area contributed by atoms with E-state index in [1.54, 1.807) is 6.92 Å². The van der Waals surface area contributed by atoms with Crippen LogP contribution in [0.2, 0.25) is 0 Å². The molecule has 2 aliphatic rings. The van der Waals surface area contributed by atoms with Crippen molar-refractivity contribution in [3.05, 3.63) is 81.9 Å². The second-order valence-corrected chi connectivity index (χ2v) is 8.64. The maximum atomic E-state index is 12.9. The van der Waals surface area contributed by atoms with Gasteiger partial charge in [-0.25, -0.2) is 0 Å². The van der Waals surface area contributed by atoms with Crippen LogP contribution < -0.4 is 0 Å². The van der Waals surface area contributed by atoms with Crippen LogP contribution in [0, 0.1) is 0 Å². The summed E-state index contributed by atoms with van der Waals surface area (Å²) in [5, 5.41) is 18.8. The summed E-state index contributed by atoms with van der Waals surface area (Å²) in [5.74, 6) is 0.00257. The molecule has 174 valence electrons. The number of aliphatic hydroxyl groups excluding tert-OH is 1. The number of carbonyl (C=O) groups is 2. The molecule has 2 aliphatic carbocycles. The first-order valence-electron chi connectivity index (χ1n) is 12.4. The van der Waals surface area contributed by atoms with Crippen molar-refractivity contribution in [3.63, 3.8) is 0 Å². The SMILES string of the molecule is CC.CC.CC1=Cc2ccc3c4ccc5c6c(ccc(c7ccc(c2c37)C1=O)c64)C(O)=C(C)C5=O. The van der Waals surface area contributed by atoms with Gasteiger partial charge in [0.1, 0.15) is 5.76 Å². The molecule has 0 amide bonds. The fourth-order valence-electron chi connectivity index (χ4n) is 5.63. The van der Waals surface area contributed by atoms with Crippen molar-refractivity contribution in [1.29, 1.82) is 0 Å². The van der Waals surface area contributed by atoms with Gasteiger partial charge in [-0.1, -0.05) is 58.0 Å². The van der Waals surface area contributed by atoms with Crippen LogP contribution in [0.25, 0.3) is 54.9 Å². The van der Waals surface area contributed by atoms with Crippen molar-refractivity contribution in [3.8, 4) is 0 Å². The van der Waals surface area contributed by atoms with E-state index in [0.29, 0.717) is 16.7 Å². The maximum absolute atomic E-state index is 12.9. The van der Waals surface area contributed by atoms with Crippen molar-refractivity contribution in [2.75, 3.05) is 0 Å². The van der Waals surface area contributed by atoms with E-state index in [-0.39, 0.29) is 17.3 Å². The molecule has 5 aromatic carbocycles. The lowest BCUT2D eigenvalue weighted by atomic mass is 9.79. The molecular formula is C32H28O3. The lowest BCUT2D eigenvalue weighted by Crippen LogP contribution is -2.11. The molecule has 0 saturated carbocycles. The Morgan fingerprint density at radius 2 is 1.00 bits per heavy atom. The summed E-state index contributed by atoms with van der Waals surface area (Å²) in [6.07, 6.45) is 1.97. The van der Waals surface area contributed by atoms with Crippen molar-refractivity contribution in [1.82, 2.24) is 0 Å². The summed E-state index contributed by atoms with van der Waals surface area (Å²) in [4.78, 5) is 25.8. The zero-order chi connectivity index (χ0) is 25.2. The van der Waals surface area contributed by atoms with Gasteiger partial charge in [0.15, 0.2) is 11.6 Å². The maximum Gasteiger partial charge on any atom is 0.193 e. The molecule has 5 aromatic rings. The minimum absolute atomic E-state index is 0.0588. The van der Waals surface area contributed by atoms with Crippen LogP contribution in [0.15, 0.2) is 59.7 Å². The largest absolute Gasteiger partial charge is 0.507 e. The van der Waals surface area contributed by atoms with Gasteiger partial charge in [0.25, 0.3) is 0 Å². The minimum atomic E-state index is -0.129. The predicted octanol–water partition coefficient (Wildman–Crippen LogP) is 8.87. The third kappa shape index (κ3) is 2.78. The summed E-state index contributed by atoms with van der Waals surface area (Å²) in [6.45, 7) is 11.5. The molecule has 0 aliphatic heterocycles. The quantitative estimate of drug-likeness (QED) is 0.185. The summed E-state index contributed by atoms with van der Waals surface area (Å²) in [6, 6.07) is 16.0. The molecule has 35 heavy (non-hydrogen) atoms. The van der Waals surface area contributed by atoms with E-state index >= 15 is 0 Å². The van der Waals surface area contributed by atoms with Crippen LogP contribution in [0.1, 0.15) is 73.4 Å². The molecule has 7 rings (SSSR count). The van der Waals surface area contributed by atoms with Crippen LogP contribution in [0.5, 0.6) is 0 Å². The number of aliphatic hydroxyl groups is 1. The molecular weight excluding hydrogens is 432 g/mol. The number of rotatable bonds is 0. The molecule has 3 heteroatoms. The van der Waals surface area contributed by atoms with Crippen LogP contribution in [-0.4, -0.2) is 16.7 Å². The molecule has 0 bridgehead atoms. The summed E-state index contributed by atoms with van der Waals surface area (Å²) in [7, 11) is 0. The van der Waals surface area contributed by atoms with Gasteiger partial charge in [0, 0.05) is 33.0 Å². The Bertz CT molecular complexity index is 1760. The zero-order valence-electron chi connectivity index (χ0n) is 21.0. The van der Waals surface area contributed by atoms with Gasteiger partial charge in [-0.15, -0.1) is 0 Å². The highest BCUT2D eigenvalue weighted by Gasteiger charge is 2.28. The van der Waals surface area contributed by atoms with E-state index in [9.17, 15) is 14.7 Å². The van der Waals surface area contributed by atoms with Gasteiger partial charge in [-0.2, -0.15) is 0 Å². The Balaban J connectivity index is 0.000000605. The smallest absolute Gasteiger partial charge is 0.193 e. The lowest BCUT2D eigenvalue weighted by Gasteiger charge is -2.23. The molecule has 0 spiro atoms. The minimum Gasteiger partial charge on any atom is -0.507 e. The van der Waals surface area contributed by atoms with Crippen molar-refractivity contribution >= 4 is 66.5 Å². The Hall–Kier alpha value is -3.98. The highest BCUT2D eigenvalue weighted by atomic mass is 16.3. The first-order chi connectivity index (χ1) is 17.0. The first kappa shape index (κ1) is 22.8. The van der Waals surface area contributed by atoms with Crippen LogP contribution in [0.4, 0.5) is 0 Å². The van der Waals surface area contributed by atoms with Gasteiger partial charge in [-0.05, 0) is 81.6 Å². The van der Waals surface area contributed by atoms with Crippen LogP contribution >= 0.6 is 0 Å². The van der Waals surface area contributed by atoms with Crippen LogP contribution in [-0.2, 0) is 0 Å². The number of allylic oxidation sites excluding steroid dienone is 2.